The van der Waals surface area contributed by atoms with Crippen LogP contribution in [0.15, 0.2) is 29.6 Å². The zero-order valence-electron chi connectivity index (χ0n) is 8.03. The predicted octanol–water partition coefficient (Wildman–Crippen LogP) is 2.07. The van der Waals surface area contributed by atoms with Gasteiger partial charge in [0.2, 0.25) is 0 Å². The van der Waals surface area contributed by atoms with Crippen molar-refractivity contribution in [3.8, 4) is 0 Å². The third kappa shape index (κ3) is 1.43. The Bertz CT molecular complexity index is 447. The van der Waals surface area contributed by atoms with Gasteiger partial charge in [0.05, 0.1) is 12.1 Å². The zero-order chi connectivity index (χ0) is 10.2. The maximum Gasteiger partial charge on any atom is 0.0650 e. The minimum absolute atomic E-state index is 0.0340. The third-order valence-corrected chi connectivity index (χ3v) is 3.39. The lowest BCUT2D eigenvalue weighted by atomic mass is 9.94. The van der Waals surface area contributed by atoms with Gasteiger partial charge in [-0.05, 0) is 29.3 Å². The Morgan fingerprint density at radius 2 is 2.14 bits per heavy atom. The van der Waals surface area contributed by atoms with E-state index in [9.17, 15) is 5.11 Å². The van der Waals surface area contributed by atoms with Crippen LogP contribution in [0, 0.1) is 0 Å². The molecule has 0 spiro atoms. The molecule has 1 aromatic carbocycles. The molecule has 0 amide bonds. The normalized spacial score (nSPS) is 15.6. The molecule has 74 valence electrons. The number of hydrogen-bond donors (Lipinski definition) is 2. The van der Waals surface area contributed by atoms with Crippen molar-refractivity contribution in [2.45, 2.75) is 12.5 Å². The van der Waals surface area contributed by atoms with Crippen molar-refractivity contribution in [2.24, 2.45) is 5.73 Å². The molecule has 3 heteroatoms. The van der Waals surface area contributed by atoms with Gasteiger partial charge >= 0.3 is 0 Å². The van der Waals surface area contributed by atoms with Gasteiger partial charge in [-0.3, -0.25) is 0 Å². The van der Waals surface area contributed by atoms with Crippen molar-refractivity contribution in [3.63, 3.8) is 0 Å². The van der Waals surface area contributed by atoms with Gasteiger partial charge in [-0.2, -0.15) is 0 Å². The van der Waals surface area contributed by atoms with E-state index in [4.69, 9.17) is 5.73 Å². The highest BCUT2D eigenvalue weighted by Crippen LogP contribution is 2.31. The fourth-order valence-corrected chi connectivity index (χ4v) is 2.61. The number of fused-ring (bicyclic) bond motifs is 1. The van der Waals surface area contributed by atoms with E-state index in [1.807, 2.05) is 30.5 Å². The summed E-state index contributed by atoms with van der Waals surface area (Å²) in [4.78, 5) is 0. The van der Waals surface area contributed by atoms with Crippen LogP contribution in [0.25, 0.3) is 10.1 Å². The summed E-state index contributed by atoms with van der Waals surface area (Å²) in [6, 6.07) is 8.11. The van der Waals surface area contributed by atoms with Crippen LogP contribution in [-0.4, -0.2) is 11.7 Å². The second-order valence-corrected chi connectivity index (χ2v) is 4.63. The average Bonchev–Trinajstić information content (AvgIpc) is 2.61. The van der Waals surface area contributed by atoms with Crippen molar-refractivity contribution in [1.29, 1.82) is 0 Å². The molecule has 0 fully saturated rings. The number of rotatable bonds is 2. The molecule has 2 rings (SSSR count). The van der Waals surface area contributed by atoms with E-state index in [1.165, 1.54) is 4.70 Å². The van der Waals surface area contributed by atoms with Gasteiger partial charge in [0.1, 0.15) is 0 Å². The maximum atomic E-state index is 9.20. The molecule has 0 aliphatic carbocycles. The van der Waals surface area contributed by atoms with Gasteiger partial charge in [0, 0.05) is 4.70 Å². The first-order valence-electron chi connectivity index (χ1n) is 4.51. The Balaban J connectivity index is 2.64. The van der Waals surface area contributed by atoms with E-state index in [2.05, 4.69) is 6.07 Å². The molecule has 0 aliphatic rings. The zero-order valence-corrected chi connectivity index (χ0v) is 8.84. The van der Waals surface area contributed by atoms with E-state index in [1.54, 1.807) is 11.3 Å². The first-order chi connectivity index (χ1) is 6.65. The predicted molar refractivity (Wildman–Crippen MR) is 60.5 cm³/mol. The van der Waals surface area contributed by atoms with Crippen LogP contribution < -0.4 is 5.73 Å². The van der Waals surface area contributed by atoms with Gasteiger partial charge in [0.25, 0.3) is 0 Å². The van der Waals surface area contributed by atoms with Crippen LogP contribution in [0.1, 0.15) is 12.5 Å². The first-order valence-corrected chi connectivity index (χ1v) is 5.39. The summed E-state index contributed by atoms with van der Waals surface area (Å²) >= 11 is 1.67. The number of thiophene rings is 1. The molecule has 1 atom stereocenters. The van der Waals surface area contributed by atoms with Crippen LogP contribution in [-0.2, 0) is 5.54 Å². The molecule has 0 saturated carbocycles. The quantitative estimate of drug-likeness (QED) is 0.792. The second-order valence-electron chi connectivity index (χ2n) is 3.72. The molecule has 2 aromatic rings. The number of aliphatic hydroxyl groups is 1. The van der Waals surface area contributed by atoms with E-state index in [0.29, 0.717) is 0 Å². The molecule has 0 saturated heterocycles. The van der Waals surface area contributed by atoms with Crippen LogP contribution in [0.3, 0.4) is 0 Å². The Morgan fingerprint density at radius 3 is 2.86 bits per heavy atom. The fourth-order valence-electron chi connectivity index (χ4n) is 1.51. The van der Waals surface area contributed by atoms with E-state index < -0.39 is 5.54 Å². The smallest absolute Gasteiger partial charge is 0.0650 e. The fraction of sp³-hybridized carbons (Fsp3) is 0.273. The Morgan fingerprint density at radius 1 is 1.43 bits per heavy atom. The highest BCUT2D eigenvalue weighted by Gasteiger charge is 2.23. The largest absolute Gasteiger partial charge is 0.394 e. The van der Waals surface area contributed by atoms with Crippen LogP contribution >= 0.6 is 11.3 Å². The lowest BCUT2D eigenvalue weighted by Gasteiger charge is -2.21. The molecule has 1 heterocycles. The molecule has 3 N–H and O–H groups in total. The minimum atomic E-state index is -0.639. The second kappa shape index (κ2) is 3.35. The van der Waals surface area contributed by atoms with Crippen LogP contribution in [0.5, 0.6) is 0 Å². The van der Waals surface area contributed by atoms with Crippen molar-refractivity contribution in [3.05, 3.63) is 35.2 Å². The standard InChI is InChI=1S/C11H13NOS/c1-11(12,7-13)9-6-14-10-5-3-2-4-8(9)10/h2-6,13H,7,12H2,1H3. The molecule has 1 aromatic heterocycles. The van der Waals surface area contributed by atoms with Crippen molar-refractivity contribution in [2.75, 3.05) is 6.61 Å². The highest BCUT2D eigenvalue weighted by molar-refractivity contribution is 7.17. The third-order valence-electron chi connectivity index (χ3n) is 2.42. The molecule has 0 radical (unpaired) electrons. The Kier molecular flexibility index (Phi) is 2.31. The molecule has 0 aliphatic heterocycles. The van der Waals surface area contributed by atoms with E-state index >= 15 is 0 Å². The first kappa shape index (κ1) is 9.65. The highest BCUT2D eigenvalue weighted by atomic mass is 32.1. The molecular formula is C11H13NOS. The topological polar surface area (TPSA) is 46.2 Å². The number of aliphatic hydroxyl groups excluding tert-OH is 1. The molecule has 1 unspecified atom stereocenters. The summed E-state index contributed by atoms with van der Waals surface area (Å²) in [6.45, 7) is 1.81. The molecular weight excluding hydrogens is 194 g/mol. The summed E-state index contributed by atoms with van der Waals surface area (Å²) in [5.74, 6) is 0. The molecule has 2 nitrogen and oxygen atoms in total. The monoisotopic (exact) mass is 207 g/mol. The van der Waals surface area contributed by atoms with Crippen molar-refractivity contribution >= 4 is 21.4 Å². The SMILES string of the molecule is CC(N)(CO)c1csc2ccccc12. The number of nitrogens with two attached hydrogens (primary N) is 1. The Hall–Kier alpha value is -0.900. The van der Waals surface area contributed by atoms with Gasteiger partial charge in [0.15, 0.2) is 0 Å². The van der Waals surface area contributed by atoms with Gasteiger partial charge in [-0.25, -0.2) is 0 Å². The van der Waals surface area contributed by atoms with E-state index in [-0.39, 0.29) is 6.61 Å². The lowest BCUT2D eigenvalue weighted by molar-refractivity contribution is 0.211. The minimum Gasteiger partial charge on any atom is -0.394 e. The maximum absolute atomic E-state index is 9.20. The van der Waals surface area contributed by atoms with E-state index in [0.717, 1.165) is 10.9 Å². The summed E-state index contributed by atoms with van der Waals surface area (Å²) in [7, 11) is 0. The lowest BCUT2D eigenvalue weighted by Crippen LogP contribution is -2.36. The molecule has 14 heavy (non-hydrogen) atoms. The number of hydrogen-bond acceptors (Lipinski definition) is 3. The van der Waals surface area contributed by atoms with Crippen molar-refractivity contribution < 1.29 is 5.11 Å². The molecule has 0 bridgehead atoms. The Labute approximate surface area is 87.0 Å². The summed E-state index contributed by atoms with van der Waals surface area (Å²) in [5.41, 5.74) is 6.39. The summed E-state index contributed by atoms with van der Waals surface area (Å²) < 4.78 is 1.22. The summed E-state index contributed by atoms with van der Waals surface area (Å²) in [6.07, 6.45) is 0. The average molecular weight is 207 g/mol. The van der Waals surface area contributed by atoms with Crippen molar-refractivity contribution in [1.82, 2.24) is 0 Å². The number of benzene rings is 1. The van der Waals surface area contributed by atoms with Crippen LogP contribution in [0.2, 0.25) is 0 Å². The van der Waals surface area contributed by atoms with Crippen LogP contribution in [0.4, 0.5) is 0 Å². The van der Waals surface area contributed by atoms with Gasteiger partial charge < -0.3 is 10.8 Å². The van der Waals surface area contributed by atoms with Gasteiger partial charge in [-0.15, -0.1) is 11.3 Å². The summed E-state index contributed by atoms with van der Waals surface area (Å²) in [5, 5.41) is 12.4. The van der Waals surface area contributed by atoms with Gasteiger partial charge in [-0.1, -0.05) is 18.2 Å².